The molecule has 0 saturated carbocycles. The summed E-state index contributed by atoms with van der Waals surface area (Å²) >= 11 is 12.3. The van der Waals surface area contributed by atoms with Crippen LogP contribution in [0.5, 0.6) is 0 Å². The van der Waals surface area contributed by atoms with Crippen LogP contribution >= 0.6 is 23.2 Å². The van der Waals surface area contributed by atoms with Crippen molar-refractivity contribution >= 4 is 23.2 Å². The molecule has 0 radical (unpaired) electrons. The molecule has 1 atom stereocenters. The Balaban J connectivity index is 2.44. The molecule has 0 spiro atoms. The van der Waals surface area contributed by atoms with Gasteiger partial charge in [0.05, 0.1) is 6.04 Å². The summed E-state index contributed by atoms with van der Waals surface area (Å²) in [5.41, 5.74) is 3.62. The number of hydrogen-bond donors (Lipinski definition) is 1. The third-order valence-electron chi connectivity index (χ3n) is 3.37. The van der Waals surface area contributed by atoms with E-state index in [4.69, 9.17) is 23.2 Å². The average molecular weight is 308 g/mol. The molecule has 0 bridgehead atoms. The van der Waals surface area contributed by atoms with Gasteiger partial charge in [-0.05, 0) is 41.8 Å². The van der Waals surface area contributed by atoms with Crippen LogP contribution in [0, 0.1) is 0 Å². The van der Waals surface area contributed by atoms with Gasteiger partial charge in [-0.25, -0.2) is 0 Å². The Labute approximate surface area is 130 Å². The van der Waals surface area contributed by atoms with Crippen molar-refractivity contribution in [1.82, 2.24) is 5.32 Å². The maximum atomic E-state index is 6.36. The number of aryl methyl sites for hydroxylation is 1. The minimum absolute atomic E-state index is 0.0938. The lowest BCUT2D eigenvalue weighted by molar-refractivity contribution is 0.630. The zero-order valence-corrected chi connectivity index (χ0v) is 13.3. The van der Waals surface area contributed by atoms with Gasteiger partial charge < -0.3 is 5.32 Å². The van der Waals surface area contributed by atoms with Crippen molar-refractivity contribution in [2.45, 2.75) is 26.3 Å². The first kappa shape index (κ1) is 15.4. The molecule has 1 unspecified atom stereocenters. The molecule has 0 aliphatic rings. The highest BCUT2D eigenvalue weighted by atomic mass is 35.5. The van der Waals surface area contributed by atoms with E-state index < -0.39 is 0 Å². The molecule has 0 aliphatic carbocycles. The summed E-state index contributed by atoms with van der Waals surface area (Å²) in [5, 5.41) is 4.86. The highest BCUT2D eigenvalue weighted by Gasteiger charge is 2.16. The Morgan fingerprint density at radius 2 is 1.85 bits per heavy atom. The molecule has 3 heteroatoms. The molecule has 0 saturated heterocycles. The van der Waals surface area contributed by atoms with Crippen molar-refractivity contribution in [1.29, 1.82) is 0 Å². The second kappa shape index (κ2) is 7.12. The van der Waals surface area contributed by atoms with Crippen LogP contribution in [0.4, 0.5) is 0 Å². The van der Waals surface area contributed by atoms with E-state index >= 15 is 0 Å². The van der Waals surface area contributed by atoms with E-state index in [9.17, 15) is 0 Å². The highest BCUT2D eigenvalue weighted by Crippen LogP contribution is 2.30. The van der Waals surface area contributed by atoms with Gasteiger partial charge in [0.2, 0.25) is 0 Å². The van der Waals surface area contributed by atoms with Gasteiger partial charge in [0.25, 0.3) is 0 Å². The summed E-state index contributed by atoms with van der Waals surface area (Å²) in [6.45, 7) is 5.14. The molecule has 2 aromatic carbocycles. The van der Waals surface area contributed by atoms with Gasteiger partial charge in [-0.2, -0.15) is 0 Å². The molecule has 1 N–H and O–H groups in total. The topological polar surface area (TPSA) is 12.0 Å². The van der Waals surface area contributed by atoms with Crippen molar-refractivity contribution in [3.8, 4) is 0 Å². The van der Waals surface area contributed by atoms with E-state index in [1.54, 1.807) is 6.07 Å². The van der Waals surface area contributed by atoms with Crippen molar-refractivity contribution in [2.75, 3.05) is 6.54 Å². The Morgan fingerprint density at radius 3 is 2.50 bits per heavy atom. The van der Waals surface area contributed by atoms with E-state index in [0.717, 1.165) is 18.5 Å². The average Bonchev–Trinajstić information content (AvgIpc) is 2.45. The number of nitrogens with one attached hydrogen (secondary N) is 1. The third kappa shape index (κ3) is 3.54. The second-order valence-electron chi connectivity index (χ2n) is 4.76. The first-order chi connectivity index (χ1) is 9.65. The molecular weight excluding hydrogens is 289 g/mol. The molecule has 1 nitrogen and oxygen atoms in total. The van der Waals surface area contributed by atoms with Crippen LogP contribution in [0.25, 0.3) is 0 Å². The van der Waals surface area contributed by atoms with Crippen molar-refractivity contribution in [2.24, 2.45) is 0 Å². The molecule has 20 heavy (non-hydrogen) atoms. The van der Waals surface area contributed by atoms with Crippen molar-refractivity contribution < 1.29 is 0 Å². The Hall–Kier alpha value is -1.02. The summed E-state index contributed by atoms with van der Waals surface area (Å²) < 4.78 is 0. The van der Waals surface area contributed by atoms with E-state index in [1.807, 2.05) is 12.1 Å². The first-order valence-corrected chi connectivity index (χ1v) is 7.68. The van der Waals surface area contributed by atoms with Crippen molar-refractivity contribution in [3.05, 3.63) is 69.2 Å². The molecule has 106 valence electrons. The number of halogens is 2. The quantitative estimate of drug-likeness (QED) is 0.795. The lowest BCUT2D eigenvalue weighted by Crippen LogP contribution is -2.22. The van der Waals surface area contributed by atoms with Crippen LogP contribution < -0.4 is 5.32 Å². The summed E-state index contributed by atoms with van der Waals surface area (Å²) in [4.78, 5) is 0. The maximum Gasteiger partial charge on any atom is 0.0591 e. The number of hydrogen-bond acceptors (Lipinski definition) is 1. The summed E-state index contributed by atoms with van der Waals surface area (Å²) in [6.07, 6.45) is 1.03. The molecule has 0 aromatic heterocycles. The van der Waals surface area contributed by atoms with Gasteiger partial charge in [-0.15, -0.1) is 0 Å². The lowest BCUT2D eigenvalue weighted by Gasteiger charge is -2.21. The molecule has 2 aromatic rings. The van der Waals surface area contributed by atoms with E-state index in [1.165, 1.54) is 11.1 Å². The third-order valence-corrected chi connectivity index (χ3v) is 3.94. The maximum absolute atomic E-state index is 6.36. The lowest BCUT2D eigenvalue weighted by atomic mass is 9.96. The Morgan fingerprint density at radius 1 is 1.05 bits per heavy atom. The summed E-state index contributed by atoms with van der Waals surface area (Å²) in [7, 11) is 0. The van der Waals surface area contributed by atoms with Crippen molar-refractivity contribution in [3.63, 3.8) is 0 Å². The highest BCUT2D eigenvalue weighted by molar-refractivity contribution is 6.35. The van der Waals surface area contributed by atoms with Gasteiger partial charge >= 0.3 is 0 Å². The van der Waals surface area contributed by atoms with E-state index in [2.05, 4.69) is 43.4 Å². The van der Waals surface area contributed by atoms with E-state index in [-0.39, 0.29) is 6.04 Å². The molecule has 0 aliphatic heterocycles. The largest absolute Gasteiger partial charge is 0.306 e. The molecule has 0 fully saturated rings. The molecule has 2 rings (SSSR count). The van der Waals surface area contributed by atoms with Crippen LogP contribution in [0.15, 0.2) is 42.5 Å². The fourth-order valence-electron chi connectivity index (χ4n) is 2.34. The second-order valence-corrected chi connectivity index (χ2v) is 5.60. The van der Waals surface area contributed by atoms with Gasteiger partial charge in [0.1, 0.15) is 0 Å². The predicted molar refractivity (Wildman–Crippen MR) is 87.8 cm³/mol. The first-order valence-electron chi connectivity index (χ1n) is 6.92. The SMILES string of the molecule is CCNC(c1cccc(CC)c1)c1ccc(Cl)cc1Cl. The molecular formula is C17H19Cl2N. The zero-order chi connectivity index (χ0) is 14.5. The fraction of sp³-hybridized carbons (Fsp3) is 0.294. The minimum atomic E-state index is 0.0938. The normalized spacial score (nSPS) is 12.4. The zero-order valence-electron chi connectivity index (χ0n) is 11.8. The molecule has 0 heterocycles. The van der Waals surface area contributed by atoms with Crippen LogP contribution in [0.3, 0.4) is 0 Å². The molecule has 0 amide bonds. The fourth-order valence-corrected chi connectivity index (χ4v) is 2.86. The van der Waals surface area contributed by atoms with E-state index in [0.29, 0.717) is 10.0 Å². The Kier molecular flexibility index (Phi) is 5.47. The number of benzene rings is 2. The summed E-state index contributed by atoms with van der Waals surface area (Å²) in [5.74, 6) is 0. The standard InChI is InChI=1S/C17H19Cl2N/c1-3-12-6-5-7-13(10-12)17(20-4-2)15-9-8-14(18)11-16(15)19/h5-11,17,20H,3-4H2,1-2H3. The van der Waals surface area contributed by atoms with Gasteiger partial charge in [-0.1, -0.05) is 67.4 Å². The van der Waals surface area contributed by atoms with Gasteiger partial charge in [0.15, 0.2) is 0 Å². The van der Waals surface area contributed by atoms with Crippen LogP contribution in [-0.2, 0) is 6.42 Å². The van der Waals surface area contributed by atoms with Crippen LogP contribution in [0.1, 0.15) is 36.6 Å². The monoisotopic (exact) mass is 307 g/mol. The number of rotatable bonds is 5. The van der Waals surface area contributed by atoms with Gasteiger partial charge in [0, 0.05) is 10.0 Å². The predicted octanol–water partition coefficient (Wildman–Crippen LogP) is 5.25. The van der Waals surface area contributed by atoms with Crippen LogP contribution in [-0.4, -0.2) is 6.54 Å². The Bertz CT molecular complexity index is 581. The smallest absolute Gasteiger partial charge is 0.0591 e. The van der Waals surface area contributed by atoms with Gasteiger partial charge in [-0.3, -0.25) is 0 Å². The minimum Gasteiger partial charge on any atom is -0.306 e. The summed E-state index contributed by atoms with van der Waals surface area (Å²) in [6, 6.07) is 14.4. The van der Waals surface area contributed by atoms with Crippen LogP contribution in [0.2, 0.25) is 10.0 Å².